The molecule has 2 aromatic rings. The van der Waals surface area contributed by atoms with Crippen LogP contribution in [0.3, 0.4) is 0 Å². The first-order valence-corrected chi connectivity index (χ1v) is 10.7. The lowest BCUT2D eigenvalue weighted by Crippen LogP contribution is -2.44. The number of carboxylic acid groups (broad SMARTS) is 1. The summed E-state index contributed by atoms with van der Waals surface area (Å²) in [5.74, 6) is -16.0. The van der Waals surface area contributed by atoms with Crippen molar-refractivity contribution in [1.82, 2.24) is 5.32 Å². The van der Waals surface area contributed by atoms with Gasteiger partial charge in [0.25, 0.3) is 10.0 Å². The standard InChI is InChI=1S/C19H16F5N3O7S/c1-7(28)25-10(6-12(29)30)19(31)26-9-5-8(3-4-11(9)34-2)27-35(32,33)18-16(23)14(21)13(20)15(22)17(18)24/h3-5,10,27H,6H2,1-2H3,(H,25,28)(H,26,31)(H,29,30)/t10-/m0/s1. The van der Waals surface area contributed by atoms with Crippen LogP contribution in [0.4, 0.5) is 33.3 Å². The van der Waals surface area contributed by atoms with Gasteiger partial charge >= 0.3 is 5.97 Å². The highest BCUT2D eigenvalue weighted by molar-refractivity contribution is 7.92. The van der Waals surface area contributed by atoms with E-state index < -0.39 is 79.9 Å². The number of aliphatic carboxylic acids is 1. The van der Waals surface area contributed by atoms with E-state index in [1.54, 1.807) is 4.72 Å². The van der Waals surface area contributed by atoms with Crippen LogP contribution >= 0.6 is 0 Å². The van der Waals surface area contributed by atoms with Gasteiger partial charge in [0, 0.05) is 6.92 Å². The molecule has 0 saturated carbocycles. The van der Waals surface area contributed by atoms with Gasteiger partial charge in [-0.15, -0.1) is 0 Å². The number of ether oxygens (including phenoxy) is 1. The lowest BCUT2D eigenvalue weighted by Gasteiger charge is -2.18. The van der Waals surface area contributed by atoms with Gasteiger partial charge in [-0.3, -0.25) is 19.1 Å². The molecule has 0 saturated heterocycles. The summed E-state index contributed by atoms with van der Waals surface area (Å²) in [7, 11) is -4.24. The molecule has 2 rings (SSSR count). The van der Waals surface area contributed by atoms with Gasteiger partial charge < -0.3 is 20.5 Å². The largest absolute Gasteiger partial charge is 0.495 e. The Kier molecular flexibility index (Phi) is 8.22. The molecule has 0 aliphatic rings. The summed E-state index contributed by atoms with van der Waals surface area (Å²) >= 11 is 0. The van der Waals surface area contributed by atoms with Crippen LogP contribution in [0.2, 0.25) is 0 Å². The average molecular weight is 525 g/mol. The topological polar surface area (TPSA) is 151 Å². The number of benzene rings is 2. The number of carbonyl (C=O) groups excluding carboxylic acids is 2. The summed E-state index contributed by atoms with van der Waals surface area (Å²) in [5, 5.41) is 13.2. The van der Waals surface area contributed by atoms with Crippen molar-refractivity contribution >= 4 is 39.2 Å². The second-order valence-corrected chi connectivity index (χ2v) is 8.38. The zero-order valence-corrected chi connectivity index (χ0v) is 18.5. The van der Waals surface area contributed by atoms with Crippen molar-refractivity contribution in [2.24, 2.45) is 0 Å². The third kappa shape index (κ3) is 6.14. The molecule has 10 nitrogen and oxygen atoms in total. The third-order valence-electron chi connectivity index (χ3n) is 4.22. The molecule has 0 fully saturated rings. The molecule has 0 unspecified atom stereocenters. The molecule has 2 aromatic carbocycles. The van der Waals surface area contributed by atoms with Crippen molar-refractivity contribution in [1.29, 1.82) is 0 Å². The first-order valence-electron chi connectivity index (χ1n) is 9.21. The van der Waals surface area contributed by atoms with Crippen molar-refractivity contribution in [3.8, 4) is 5.75 Å². The van der Waals surface area contributed by atoms with Crippen LogP contribution in [0.1, 0.15) is 13.3 Å². The summed E-state index contributed by atoms with van der Waals surface area (Å²) in [6.45, 7) is 1.03. The average Bonchev–Trinajstić information content (AvgIpc) is 2.75. The maximum absolute atomic E-state index is 14.0. The third-order valence-corrected chi connectivity index (χ3v) is 5.62. The first-order chi connectivity index (χ1) is 16.2. The van der Waals surface area contributed by atoms with Gasteiger partial charge in [-0.05, 0) is 18.2 Å². The number of hydrogen-bond donors (Lipinski definition) is 4. The molecule has 4 N–H and O–H groups in total. The monoisotopic (exact) mass is 525 g/mol. The minimum absolute atomic E-state index is 0.102. The zero-order valence-electron chi connectivity index (χ0n) is 17.7. The molecule has 1 atom stereocenters. The Bertz CT molecular complexity index is 1260. The molecule has 190 valence electrons. The lowest BCUT2D eigenvalue weighted by molar-refractivity contribution is -0.139. The van der Waals surface area contributed by atoms with Gasteiger partial charge in [-0.2, -0.15) is 0 Å². The Hall–Kier alpha value is -3.95. The molecule has 0 spiro atoms. The fourth-order valence-corrected chi connectivity index (χ4v) is 3.94. The second-order valence-electron chi connectivity index (χ2n) is 6.76. The number of sulfonamides is 1. The van der Waals surface area contributed by atoms with Crippen molar-refractivity contribution in [2.45, 2.75) is 24.3 Å². The lowest BCUT2D eigenvalue weighted by atomic mass is 10.1. The molecule has 0 aliphatic carbocycles. The number of methoxy groups -OCH3 is 1. The van der Waals surface area contributed by atoms with E-state index in [2.05, 4.69) is 10.6 Å². The molecule has 35 heavy (non-hydrogen) atoms. The summed E-state index contributed by atoms with van der Waals surface area (Å²) in [5.41, 5.74) is -0.810. The SMILES string of the molecule is COc1ccc(NS(=O)(=O)c2c(F)c(F)c(F)c(F)c2F)cc1NC(=O)[C@H](CC(=O)O)NC(C)=O. The van der Waals surface area contributed by atoms with Gasteiger partial charge in [-0.25, -0.2) is 30.4 Å². The molecular weight excluding hydrogens is 509 g/mol. The number of carbonyl (C=O) groups is 3. The van der Waals surface area contributed by atoms with Gasteiger partial charge in [0.15, 0.2) is 28.2 Å². The Balaban J connectivity index is 2.44. The number of carboxylic acids is 1. The van der Waals surface area contributed by atoms with Crippen LogP contribution in [-0.4, -0.2) is 44.5 Å². The van der Waals surface area contributed by atoms with Gasteiger partial charge in [0.05, 0.1) is 24.9 Å². The van der Waals surface area contributed by atoms with Crippen molar-refractivity contribution < 1.29 is 54.6 Å². The Morgan fingerprint density at radius 2 is 1.54 bits per heavy atom. The number of nitrogens with one attached hydrogen (secondary N) is 3. The highest BCUT2D eigenvalue weighted by Gasteiger charge is 2.34. The number of amides is 2. The molecule has 0 aromatic heterocycles. The van der Waals surface area contributed by atoms with Crippen LogP contribution in [0, 0.1) is 29.1 Å². The summed E-state index contributed by atoms with van der Waals surface area (Å²) < 4.78 is 99.5. The fraction of sp³-hybridized carbons (Fsp3) is 0.211. The van der Waals surface area contributed by atoms with E-state index >= 15 is 0 Å². The predicted octanol–water partition coefficient (Wildman–Crippen LogP) is 2.11. The highest BCUT2D eigenvalue weighted by Crippen LogP contribution is 2.31. The van der Waals surface area contributed by atoms with Crippen molar-refractivity contribution in [2.75, 3.05) is 17.1 Å². The maximum atomic E-state index is 14.0. The number of hydrogen-bond acceptors (Lipinski definition) is 6. The van der Waals surface area contributed by atoms with E-state index in [1.807, 2.05) is 0 Å². The van der Waals surface area contributed by atoms with E-state index in [0.717, 1.165) is 32.2 Å². The van der Waals surface area contributed by atoms with Crippen molar-refractivity contribution in [3.63, 3.8) is 0 Å². The van der Waals surface area contributed by atoms with Crippen LogP contribution in [0.25, 0.3) is 0 Å². The summed E-state index contributed by atoms with van der Waals surface area (Å²) in [4.78, 5) is 32.6. The van der Waals surface area contributed by atoms with E-state index in [0.29, 0.717) is 0 Å². The highest BCUT2D eigenvalue weighted by atomic mass is 32.2. The van der Waals surface area contributed by atoms with Crippen LogP contribution in [0.5, 0.6) is 5.75 Å². The second kappa shape index (κ2) is 10.5. The van der Waals surface area contributed by atoms with Crippen LogP contribution in [-0.2, 0) is 24.4 Å². The van der Waals surface area contributed by atoms with Crippen molar-refractivity contribution in [3.05, 3.63) is 47.3 Å². The molecule has 0 bridgehead atoms. The fourth-order valence-electron chi connectivity index (χ4n) is 2.75. The molecule has 0 heterocycles. The van der Waals surface area contributed by atoms with E-state index in [9.17, 15) is 44.8 Å². The summed E-state index contributed by atoms with van der Waals surface area (Å²) in [6, 6.07) is 1.34. The molecule has 16 heteroatoms. The molecular formula is C19H16F5N3O7S. The first kappa shape index (κ1) is 27.3. The molecule has 0 radical (unpaired) electrons. The van der Waals surface area contributed by atoms with Crippen LogP contribution in [0.15, 0.2) is 23.1 Å². The zero-order chi connectivity index (χ0) is 26.7. The van der Waals surface area contributed by atoms with Gasteiger partial charge in [0.1, 0.15) is 11.8 Å². The normalized spacial score (nSPS) is 12.0. The molecule has 2 amide bonds. The Morgan fingerprint density at radius 1 is 1.00 bits per heavy atom. The van der Waals surface area contributed by atoms with E-state index in [4.69, 9.17) is 9.84 Å². The quantitative estimate of drug-likeness (QED) is 0.222. The number of anilines is 2. The van der Waals surface area contributed by atoms with E-state index in [1.165, 1.54) is 0 Å². The minimum Gasteiger partial charge on any atom is -0.495 e. The van der Waals surface area contributed by atoms with E-state index in [-0.39, 0.29) is 11.4 Å². The maximum Gasteiger partial charge on any atom is 0.305 e. The van der Waals surface area contributed by atoms with Gasteiger partial charge in [-0.1, -0.05) is 0 Å². The number of halogens is 5. The summed E-state index contributed by atoms with van der Waals surface area (Å²) in [6.07, 6.45) is -0.819. The van der Waals surface area contributed by atoms with Crippen LogP contribution < -0.4 is 20.1 Å². The predicted molar refractivity (Wildman–Crippen MR) is 109 cm³/mol. The Morgan fingerprint density at radius 3 is 2.03 bits per heavy atom. The minimum atomic E-state index is -5.38. The Labute approximate surface area is 194 Å². The van der Waals surface area contributed by atoms with Gasteiger partial charge in [0.2, 0.25) is 17.6 Å². The molecule has 0 aliphatic heterocycles. The smallest absolute Gasteiger partial charge is 0.305 e. The number of rotatable bonds is 9.